The molecule has 0 spiro atoms. The molecule has 0 bridgehead atoms. The van der Waals surface area contributed by atoms with Crippen LogP contribution in [0.1, 0.15) is 25.0 Å². The molecular weight excluding hydrogens is 316 g/mol. The number of unbranched alkanes of at least 4 members (excludes halogenated alkanes) is 1. The second kappa shape index (κ2) is 10.3. The average Bonchev–Trinajstić information content (AvgIpc) is 3.05. The first-order valence-corrected chi connectivity index (χ1v) is 7.67. The van der Waals surface area contributed by atoms with Gasteiger partial charge in [0.15, 0.2) is 0 Å². The van der Waals surface area contributed by atoms with Gasteiger partial charge >= 0.3 is 5.97 Å². The highest BCUT2D eigenvalue weighted by Gasteiger charge is 2.22. The van der Waals surface area contributed by atoms with E-state index in [0.717, 1.165) is 12.8 Å². The Morgan fingerprint density at radius 2 is 2.08 bits per heavy atom. The van der Waals surface area contributed by atoms with E-state index in [9.17, 15) is 14.4 Å². The topological polar surface area (TPSA) is 176 Å². The Balaban J connectivity index is 2.37. The van der Waals surface area contributed by atoms with Crippen LogP contribution >= 0.6 is 0 Å². The van der Waals surface area contributed by atoms with Crippen molar-refractivity contribution in [1.82, 2.24) is 20.6 Å². The van der Waals surface area contributed by atoms with Crippen LogP contribution < -0.4 is 22.1 Å². The van der Waals surface area contributed by atoms with Crippen LogP contribution in [-0.4, -0.2) is 58.0 Å². The summed E-state index contributed by atoms with van der Waals surface area (Å²) in [5, 5.41) is 13.9. The molecule has 0 saturated heterocycles. The number of carboxylic acid groups (broad SMARTS) is 1. The zero-order valence-electron chi connectivity index (χ0n) is 13.3. The molecule has 1 rings (SSSR count). The van der Waals surface area contributed by atoms with E-state index in [2.05, 4.69) is 20.6 Å². The summed E-state index contributed by atoms with van der Waals surface area (Å²) in [5.41, 5.74) is 11.6. The molecule has 1 unspecified atom stereocenters. The maximum Gasteiger partial charge on any atom is 0.326 e. The van der Waals surface area contributed by atoms with Crippen LogP contribution in [0.2, 0.25) is 0 Å². The van der Waals surface area contributed by atoms with Gasteiger partial charge in [-0.3, -0.25) is 9.59 Å². The molecule has 2 atom stereocenters. The van der Waals surface area contributed by atoms with Gasteiger partial charge in [0.2, 0.25) is 11.8 Å². The molecule has 1 aromatic rings. The third-order valence-electron chi connectivity index (χ3n) is 3.33. The van der Waals surface area contributed by atoms with E-state index in [-0.39, 0.29) is 13.0 Å². The Morgan fingerprint density at radius 3 is 2.67 bits per heavy atom. The summed E-state index contributed by atoms with van der Waals surface area (Å²) in [5.74, 6) is -2.25. The fraction of sp³-hybridized carbons (Fsp3) is 0.571. The molecule has 0 aliphatic rings. The van der Waals surface area contributed by atoms with Crippen LogP contribution in [0.25, 0.3) is 0 Å². The molecular formula is C14H24N6O4. The zero-order valence-corrected chi connectivity index (χ0v) is 13.3. The minimum absolute atomic E-state index is 0.0388. The minimum Gasteiger partial charge on any atom is -0.480 e. The highest BCUT2D eigenvalue weighted by molar-refractivity contribution is 5.89. The predicted molar refractivity (Wildman–Crippen MR) is 85.7 cm³/mol. The van der Waals surface area contributed by atoms with E-state index in [4.69, 9.17) is 16.6 Å². The van der Waals surface area contributed by atoms with Gasteiger partial charge in [-0.25, -0.2) is 9.78 Å². The molecule has 24 heavy (non-hydrogen) atoms. The van der Waals surface area contributed by atoms with E-state index in [1.807, 2.05) is 0 Å². The van der Waals surface area contributed by atoms with Crippen molar-refractivity contribution in [3.05, 3.63) is 18.2 Å². The first-order valence-electron chi connectivity index (χ1n) is 7.67. The molecule has 134 valence electrons. The monoisotopic (exact) mass is 340 g/mol. The van der Waals surface area contributed by atoms with Crippen molar-refractivity contribution in [3.8, 4) is 0 Å². The quantitative estimate of drug-likeness (QED) is 0.255. The maximum absolute atomic E-state index is 11.8. The van der Waals surface area contributed by atoms with E-state index in [1.165, 1.54) is 6.33 Å². The number of nitrogens with one attached hydrogen (secondary N) is 3. The number of nitrogens with two attached hydrogens (primary N) is 2. The summed E-state index contributed by atoms with van der Waals surface area (Å²) in [4.78, 5) is 41.3. The molecule has 0 radical (unpaired) electrons. The predicted octanol–water partition coefficient (Wildman–Crippen LogP) is -1.91. The number of nitrogens with zero attached hydrogens (tertiary/aromatic N) is 1. The molecule has 2 amide bonds. The lowest BCUT2D eigenvalue weighted by atomic mass is 10.1. The van der Waals surface area contributed by atoms with Gasteiger partial charge in [-0.1, -0.05) is 6.42 Å². The van der Waals surface area contributed by atoms with Crippen LogP contribution in [0.15, 0.2) is 12.5 Å². The third-order valence-corrected chi connectivity index (χ3v) is 3.33. The van der Waals surface area contributed by atoms with Gasteiger partial charge in [-0.05, 0) is 19.4 Å². The summed E-state index contributed by atoms with van der Waals surface area (Å²) >= 11 is 0. The second-order valence-corrected chi connectivity index (χ2v) is 5.33. The molecule has 0 fully saturated rings. The van der Waals surface area contributed by atoms with Crippen molar-refractivity contribution in [2.24, 2.45) is 11.5 Å². The average molecular weight is 340 g/mol. The number of aromatic amines is 1. The van der Waals surface area contributed by atoms with Gasteiger partial charge in [0, 0.05) is 12.6 Å². The number of carbonyl (C=O) groups excluding carboxylic acids is 2. The zero-order chi connectivity index (χ0) is 17.9. The number of aromatic nitrogens is 2. The van der Waals surface area contributed by atoms with Crippen LogP contribution in [0, 0.1) is 0 Å². The van der Waals surface area contributed by atoms with Crippen LogP contribution in [0.3, 0.4) is 0 Å². The second-order valence-electron chi connectivity index (χ2n) is 5.33. The highest BCUT2D eigenvalue weighted by atomic mass is 16.4. The SMILES string of the molecule is NCCCCC(N)C(=O)NCC(=O)N[C@@H](Cc1c[nH]cn1)C(=O)O. The Morgan fingerprint density at radius 1 is 1.33 bits per heavy atom. The van der Waals surface area contributed by atoms with Crippen LogP contribution in [0.5, 0.6) is 0 Å². The number of carbonyl (C=O) groups is 3. The largest absolute Gasteiger partial charge is 0.480 e. The van der Waals surface area contributed by atoms with Gasteiger partial charge in [-0.2, -0.15) is 0 Å². The lowest BCUT2D eigenvalue weighted by Gasteiger charge is -2.15. The number of rotatable bonds is 11. The molecule has 0 aliphatic heterocycles. The molecule has 10 heteroatoms. The van der Waals surface area contributed by atoms with Crippen molar-refractivity contribution < 1.29 is 19.5 Å². The van der Waals surface area contributed by atoms with E-state index < -0.39 is 29.9 Å². The standard InChI is InChI=1S/C14H24N6O4/c15-4-2-1-3-10(16)13(22)18-7-12(21)20-11(14(23)24)5-9-6-17-8-19-9/h6,8,10-11H,1-5,7,15-16H2,(H,17,19)(H,18,22)(H,20,21)(H,23,24)/t10?,11-/m0/s1. The van der Waals surface area contributed by atoms with E-state index in [0.29, 0.717) is 18.7 Å². The van der Waals surface area contributed by atoms with Crippen LogP contribution in [-0.2, 0) is 20.8 Å². The molecule has 10 nitrogen and oxygen atoms in total. The number of carboxylic acids is 1. The fourth-order valence-corrected chi connectivity index (χ4v) is 2.00. The summed E-state index contributed by atoms with van der Waals surface area (Å²) in [6.45, 7) is 0.192. The summed E-state index contributed by atoms with van der Waals surface area (Å²) in [6, 6.07) is -1.85. The van der Waals surface area contributed by atoms with Crippen molar-refractivity contribution in [2.45, 2.75) is 37.8 Å². The Hall–Kier alpha value is -2.46. The van der Waals surface area contributed by atoms with Crippen molar-refractivity contribution in [2.75, 3.05) is 13.1 Å². The molecule has 1 heterocycles. The summed E-state index contributed by atoms with van der Waals surface area (Å²) < 4.78 is 0. The van der Waals surface area contributed by atoms with E-state index >= 15 is 0 Å². The first-order chi connectivity index (χ1) is 11.4. The van der Waals surface area contributed by atoms with Gasteiger partial charge < -0.3 is 32.2 Å². The smallest absolute Gasteiger partial charge is 0.326 e. The van der Waals surface area contributed by atoms with Crippen LogP contribution in [0.4, 0.5) is 0 Å². The van der Waals surface area contributed by atoms with Crippen molar-refractivity contribution in [1.29, 1.82) is 0 Å². The maximum atomic E-state index is 11.8. The lowest BCUT2D eigenvalue weighted by molar-refractivity contribution is -0.141. The normalized spacial score (nSPS) is 13.1. The van der Waals surface area contributed by atoms with Gasteiger partial charge in [-0.15, -0.1) is 0 Å². The minimum atomic E-state index is -1.18. The summed E-state index contributed by atoms with van der Waals surface area (Å²) in [7, 11) is 0. The van der Waals surface area contributed by atoms with Gasteiger partial charge in [0.1, 0.15) is 6.04 Å². The number of hydrogen-bond donors (Lipinski definition) is 6. The Kier molecular flexibility index (Phi) is 8.44. The molecule has 0 aliphatic carbocycles. The highest BCUT2D eigenvalue weighted by Crippen LogP contribution is 1.99. The lowest BCUT2D eigenvalue weighted by Crippen LogP contribution is -2.49. The summed E-state index contributed by atoms with van der Waals surface area (Å²) in [6.07, 6.45) is 4.97. The number of H-pyrrole nitrogens is 1. The molecule has 1 aromatic heterocycles. The van der Waals surface area contributed by atoms with Crippen molar-refractivity contribution >= 4 is 17.8 Å². The Bertz CT molecular complexity index is 533. The Labute approximate surface area is 139 Å². The number of amides is 2. The van der Waals surface area contributed by atoms with Gasteiger partial charge in [0.05, 0.1) is 24.6 Å². The van der Waals surface area contributed by atoms with Crippen molar-refractivity contribution in [3.63, 3.8) is 0 Å². The van der Waals surface area contributed by atoms with E-state index in [1.54, 1.807) is 6.20 Å². The number of aliphatic carboxylic acids is 1. The van der Waals surface area contributed by atoms with Gasteiger partial charge in [0.25, 0.3) is 0 Å². The number of imidazole rings is 1. The fourth-order valence-electron chi connectivity index (χ4n) is 2.00. The number of hydrogen-bond acceptors (Lipinski definition) is 6. The molecule has 8 N–H and O–H groups in total. The first kappa shape index (κ1) is 19.6. The molecule has 0 saturated carbocycles. The molecule has 0 aromatic carbocycles. The third kappa shape index (κ3) is 7.20.